The van der Waals surface area contributed by atoms with Gasteiger partial charge in [0.15, 0.2) is 0 Å². The topological polar surface area (TPSA) is 41.9 Å². The van der Waals surface area contributed by atoms with E-state index < -0.39 is 6.10 Å². The van der Waals surface area contributed by atoms with Crippen LogP contribution in [-0.4, -0.2) is 56.6 Å². The molecule has 0 amide bonds. The standard InChI is InChI=1S/C16H25NO3/c1-19-11-9-17(10-12-20-2)15-8-7-13-5-3-4-6-14(13)16(15)18/h3-6,15-16,18H,7-12H2,1-2H3. The van der Waals surface area contributed by atoms with E-state index in [-0.39, 0.29) is 6.04 Å². The average molecular weight is 279 g/mol. The van der Waals surface area contributed by atoms with E-state index in [9.17, 15) is 5.11 Å². The Morgan fingerprint density at radius 2 is 1.80 bits per heavy atom. The molecule has 0 radical (unpaired) electrons. The zero-order chi connectivity index (χ0) is 14.4. The highest BCUT2D eigenvalue weighted by Gasteiger charge is 2.31. The van der Waals surface area contributed by atoms with Crippen LogP contribution in [0.5, 0.6) is 0 Å². The van der Waals surface area contributed by atoms with Gasteiger partial charge in [0.2, 0.25) is 0 Å². The number of rotatable bonds is 7. The first kappa shape index (κ1) is 15.4. The zero-order valence-electron chi connectivity index (χ0n) is 12.4. The lowest BCUT2D eigenvalue weighted by molar-refractivity contribution is 0.0105. The van der Waals surface area contributed by atoms with Gasteiger partial charge in [0.05, 0.1) is 19.3 Å². The first-order valence-electron chi connectivity index (χ1n) is 7.25. The molecule has 0 aliphatic heterocycles. The second kappa shape index (κ2) is 7.74. The highest BCUT2D eigenvalue weighted by Crippen LogP contribution is 2.32. The number of hydrogen-bond acceptors (Lipinski definition) is 4. The summed E-state index contributed by atoms with van der Waals surface area (Å²) in [5.74, 6) is 0. The number of aliphatic hydroxyl groups excluding tert-OH is 1. The first-order valence-corrected chi connectivity index (χ1v) is 7.25. The van der Waals surface area contributed by atoms with E-state index in [1.165, 1.54) is 5.56 Å². The SMILES string of the molecule is COCCN(CCOC)C1CCc2ccccc2C1O. The molecule has 1 aromatic rings. The minimum atomic E-state index is -0.423. The molecule has 1 aliphatic carbocycles. The highest BCUT2D eigenvalue weighted by molar-refractivity contribution is 5.32. The predicted molar refractivity (Wildman–Crippen MR) is 78.8 cm³/mol. The number of fused-ring (bicyclic) bond motifs is 1. The van der Waals surface area contributed by atoms with Crippen molar-refractivity contribution in [3.8, 4) is 0 Å². The molecule has 1 aromatic carbocycles. The summed E-state index contributed by atoms with van der Waals surface area (Å²) in [5, 5.41) is 10.7. The second-order valence-corrected chi connectivity index (χ2v) is 5.27. The third-order valence-corrected chi connectivity index (χ3v) is 4.08. The van der Waals surface area contributed by atoms with Crippen LogP contribution in [0.15, 0.2) is 24.3 Å². The third kappa shape index (κ3) is 3.58. The summed E-state index contributed by atoms with van der Waals surface area (Å²) in [6.07, 6.45) is 1.58. The number of hydrogen-bond donors (Lipinski definition) is 1. The molecule has 1 N–H and O–H groups in total. The van der Waals surface area contributed by atoms with Crippen LogP contribution in [0.4, 0.5) is 0 Å². The molecule has 1 aliphatic rings. The van der Waals surface area contributed by atoms with Gasteiger partial charge < -0.3 is 14.6 Å². The van der Waals surface area contributed by atoms with Crippen LogP contribution >= 0.6 is 0 Å². The highest BCUT2D eigenvalue weighted by atomic mass is 16.5. The van der Waals surface area contributed by atoms with E-state index in [0.717, 1.165) is 31.5 Å². The van der Waals surface area contributed by atoms with E-state index in [0.29, 0.717) is 13.2 Å². The Labute approximate surface area is 121 Å². The lowest BCUT2D eigenvalue weighted by Gasteiger charge is -2.38. The van der Waals surface area contributed by atoms with Gasteiger partial charge in [-0.1, -0.05) is 24.3 Å². The maximum Gasteiger partial charge on any atom is 0.0947 e. The molecule has 4 heteroatoms. The van der Waals surface area contributed by atoms with Gasteiger partial charge in [-0.05, 0) is 24.0 Å². The number of aryl methyl sites for hydroxylation is 1. The summed E-state index contributed by atoms with van der Waals surface area (Å²) in [4.78, 5) is 2.29. The first-order chi connectivity index (χ1) is 9.77. The maximum atomic E-state index is 10.7. The molecule has 0 fully saturated rings. The predicted octanol–water partition coefficient (Wildman–Crippen LogP) is 1.63. The van der Waals surface area contributed by atoms with Crippen molar-refractivity contribution in [1.29, 1.82) is 0 Å². The van der Waals surface area contributed by atoms with Crippen LogP contribution in [0.2, 0.25) is 0 Å². The number of aliphatic hydroxyl groups is 1. The van der Waals surface area contributed by atoms with Gasteiger partial charge in [-0.25, -0.2) is 0 Å². The summed E-state index contributed by atoms with van der Waals surface area (Å²) in [6.45, 7) is 3.00. The van der Waals surface area contributed by atoms with Crippen molar-refractivity contribution in [2.45, 2.75) is 25.0 Å². The van der Waals surface area contributed by atoms with E-state index in [1.54, 1.807) is 14.2 Å². The molecular weight excluding hydrogens is 254 g/mol. The molecule has 0 spiro atoms. The zero-order valence-corrected chi connectivity index (χ0v) is 12.4. The molecule has 0 aromatic heterocycles. The molecule has 0 saturated carbocycles. The normalized spacial score (nSPS) is 22.0. The fourth-order valence-corrected chi connectivity index (χ4v) is 2.96. The fourth-order valence-electron chi connectivity index (χ4n) is 2.96. The monoisotopic (exact) mass is 279 g/mol. The molecule has 0 saturated heterocycles. The Morgan fingerprint density at radius 3 is 2.45 bits per heavy atom. The summed E-state index contributed by atoms with van der Waals surface area (Å²) in [6, 6.07) is 8.34. The molecular formula is C16H25NO3. The van der Waals surface area contributed by atoms with Crippen LogP contribution in [0.3, 0.4) is 0 Å². The molecule has 2 atom stereocenters. The van der Waals surface area contributed by atoms with Gasteiger partial charge in [0.1, 0.15) is 0 Å². The number of ether oxygens (including phenoxy) is 2. The number of benzene rings is 1. The van der Waals surface area contributed by atoms with Crippen LogP contribution in [-0.2, 0) is 15.9 Å². The van der Waals surface area contributed by atoms with Crippen LogP contribution in [0, 0.1) is 0 Å². The van der Waals surface area contributed by atoms with Gasteiger partial charge in [-0.15, -0.1) is 0 Å². The van der Waals surface area contributed by atoms with Crippen molar-refractivity contribution in [1.82, 2.24) is 4.90 Å². The van der Waals surface area contributed by atoms with E-state index in [4.69, 9.17) is 9.47 Å². The Hall–Kier alpha value is -0.940. The van der Waals surface area contributed by atoms with Gasteiger partial charge >= 0.3 is 0 Å². The van der Waals surface area contributed by atoms with Crippen molar-refractivity contribution >= 4 is 0 Å². The molecule has 20 heavy (non-hydrogen) atoms. The minimum Gasteiger partial charge on any atom is -0.387 e. The quantitative estimate of drug-likeness (QED) is 0.824. The summed E-state index contributed by atoms with van der Waals surface area (Å²) >= 11 is 0. The van der Waals surface area contributed by atoms with Gasteiger partial charge in [-0.3, -0.25) is 4.90 Å². The molecule has 2 unspecified atom stereocenters. The Balaban J connectivity index is 2.09. The van der Waals surface area contributed by atoms with Gasteiger partial charge in [0.25, 0.3) is 0 Å². The molecule has 0 bridgehead atoms. The van der Waals surface area contributed by atoms with Gasteiger partial charge in [-0.2, -0.15) is 0 Å². The fraction of sp³-hybridized carbons (Fsp3) is 0.625. The molecule has 2 rings (SSSR count). The van der Waals surface area contributed by atoms with Crippen molar-refractivity contribution in [3.63, 3.8) is 0 Å². The number of nitrogens with zero attached hydrogens (tertiary/aromatic N) is 1. The lowest BCUT2D eigenvalue weighted by Crippen LogP contribution is -2.45. The summed E-state index contributed by atoms with van der Waals surface area (Å²) in [5.41, 5.74) is 2.35. The van der Waals surface area contributed by atoms with E-state index in [2.05, 4.69) is 11.0 Å². The largest absolute Gasteiger partial charge is 0.387 e. The van der Waals surface area contributed by atoms with Crippen molar-refractivity contribution in [3.05, 3.63) is 35.4 Å². The maximum absolute atomic E-state index is 10.7. The van der Waals surface area contributed by atoms with Crippen LogP contribution in [0.1, 0.15) is 23.7 Å². The van der Waals surface area contributed by atoms with Crippen molar-refractivity contribution in [2.24, 2.45) is 0 Å². The summed E-state index contributed by atoms with van der Waals surface area (Å²) < 4.78 is 10.4. The van der Waals surface area contributed by atoms with E-state index in [1.807, 2.05) is 18.2 Å². The third-order valence-electron chi connectivity index (χ3n) is 4.08. The smallest absolute Gasteiger partial charge is 0.0947 e. The molecule has 0 heterocycles. The Morgan fingerprint density at radius 1 is 1.15 bits per heavy atom. The average Bonchev–Trinajstić information content (AvgIpc) is 2.49. The summed E-state index contributed by atoms with van der Waals surface area (Å²) in [7, 11) is 3.42. The molecule has 112 valence electrons. The van der Waals surface area contributed by atoms with Crippen LogP contribution in [0.25, 0.3) is 0 Å². The Bertz CT molecular complexity index is 402. The van der Waals surface area contributed by atoms with E-state index >= 15 is 0 Å². The van der Waals surface area contributed by atoms with Crippen molar-refractivity contribution < 1.29 is 14.6 Å². The Kier molecular flexibility index (Phi) is 5.98. The van der Waals surface area contributed by atoms with Gasteiger partial charge in [0, 0.05) is 33.4 Å². The van der Waals surface area contributed by atoms with Crippen LogP contribution < -0.4 is 0 Å². The number of methoxy groups -OCH3 is 2. The second-order valence-electron chi connectivity index (χ2n) is 5.27. The lowest BCUT2D eigenvalue weighted by atomic mass is 9.85. The minimum absolute atomic E-state index is 0.148. The molecule has 4 nitrogen and oxygen atoms in total. The van der Waals surface area contributed by atoms with Crippen molar-refractivity contribution in [2.75, 3.05) is 40.5 Å².